The average molecular weight is 533 g/mol. The number of hydrogen-bond donors (Lipinski definition) is 2. The zero-order valence-corrected chi connectivity index (χ0v) is 24.0. The highest BCUT2D eigenvalue weighted by atomic mass is 16.5. The lowest BCUT2D eigenvalue weighted by Gasteiger charge is -2.24. The molecule has 210 valence electrons. The van der Waals surface area contributed by atoms with E-state index in [9.17, 15) is 15.0 Å². The van der Waals surface area contributed by atoms with Crippen LogP contribution in [0.1, 0.15) is 57.2 Å². The van der Waals surface area contributed by atoms with Crippen LogP contribution >= 0.6 is 0 Å². The zero-order valence-electron chi connectivity index (χ0n) is 24.0. The minimum atomic E-state index is -0.613. The monoisotopic (exact) mass is 532 g/mol. The summed E-state index contributed by atoms with van der Waals surface area (Å²) in [6.45, 7) is 19.8. The maximum absolute atomic E-state index is 11.9. The number of aliphatic hydroxyl groups is 2. The van der Waals surface area contributed by atoms with Gasteiger partial charge in [0.05, 0.1) is 26.4 Å². The standard InChI is InChI=1S/C34H44O5/c1-8-25(5)10-11-26(6)28-12-14-31(27(9-2)20-28)29-13-15-32(38-19-17-34(7,22-35)23-36)30(21-29)16-18-39-33(37)24(3)4/h10-15,20-21,35-36H,3,5-6,8-9,16-19,22-23H2,1-2,4,7H3/b11-10-. The van der Waals surface area contributed by atoms with Crippen LogP contribution in [0.3, 0.4) is 0 Å². The van der Waals surface area contributed by atoms with E-state index in [0.29, 0.717) is 30.8 Å². The molecule has 39 heavy (non-hydrogen) atoms. The summed E-state index contributed by atoms with van der Waals surface area (Å²) in [7, 11) is 0. The molecule has 0 spiro atoms. The van der Waals surface area contributed by atoms with Gasteiger partial charge in [-0.05, 0) is 71.7 Å². The summed E-state index contributed by atoms with van der Waals surface area (Å²) in [5.74, 6) is 0.267. The Morgan fingerprint density at radius 1 is 0.974 bits per heavy atom. The fourth-order valence-corrected chi connectivity index (χ4v) is 3.88. The van der Waals surface area contributed by atoms with Gasteiger partial charge in [0.2, 0.25) is 0 Å². The number of allylic oxidation sites excluding steroid dienone is 4. The number of aryl methyl sites for hydroxylation is 1. The van der Waals surface area contributed by atoms with Gasteiger partial charge in [0, 0.05) is 17.4 Å². The first-order valence-electron chi connectivity index (χ1n) is 13.6. The number of aliphatic hydroxyl groups excluding tert-OH is 2. The van der Waals surface area contributed by atoms with Crippen molar-refractivity contribution < 1.29 is 24.5 Å². The molecule has 0 aliphatic heterocycles. The number of carbonyl (C=O) groups is 1. The number of hydrogen-bond acceptors (Lipinski definition) is 5. The van der Waals surface area contributed by atoms with Gasteiger partial charge in [-0.25, -0.2) is 4.79 Å². The molecule has 2 aromatic rings. The molecule has 0 radical (unpaired) electrons. The highest BCUT2D eigenvalue weighted by Crippen LogP contribution is 2.32. The topological polar surface area (TPSA) is 76.0 Å². The van der Waals surface area contributed by atoms with Gasteiger partial charge in [-0.3, -0.25) is 0 Å². The van der Waals surface area contributed by atoms with Gasteiger partial charge in [0.25, 0.3) is 0 Å². The van der Waals surface area contributed by atoms with E-state index in [-0.39, 0.29) is 19.8 Å². The van der Waals surface area contributed by atoms with E-state index in [2.05, 4.69) is 57.8 Å². The summed E-state index contributed by atoms with van der Waals surface area (Å²) in [6.07, 6.45) is 6.75. The first-order valence-corrected chi connectivity index (χ1v) is 13.6. The third-order valence-corrected chi connectivity index (χ3v) is 6.88. The van der Waals surface area contributed by atoms with Crippen molar-refractivity contribution >= 4 is 11.5 Å². The molecule has 0 aliphatic carbocycles. The molecule has 5 nitrogen and oxygen atoms in total. The first-order chi connectivity index (χ1) is 18.6. The second-order valence-corrected chi connectivity index (χ2v) is 10.3. The molecule has 5 heteroatoms. The van der Waals surface area contributed by atoms with Crippen LogP contribution in [0, 0.1) is 5.41 Å². The smallest absolute Gasteiger partial charge is 0.333 e. The van der Waals surface area contributed by atoms with Crippen molar-refractivity contribution in [1.82, 2.24) is 0 Å². The molecule has 0 bridgehead atoms. The Hall–Kier alpha value is -3.41. The third-order valence-electron chi connectivity index (χ3n) is 6.88. The van der Waals surface area contributed by atoms with Crippen molar-refractivity contribution in [2.45, 2.75) is 53.4 Å². The summed E-state index contributed by atoms with van der Waals surface area (Å²) in [6, 6.07) is 12.4. The van der Waals surface area contributed by atoms with E-state index < -0.39 is 11.4 Å². The molecule has 0 heterocycles. The second-order valence-electron chi connectivity index (χ2n) is 10.3. The van der Waals surface area contributed by atoms with E-state index in [4.69, 9.17) is 9.47 Å². The molecule has 2 N–H and O–H groups in total. The second kappa shape index (κ2) is 15.2. The van der Waals surface area contributed by atoms with Crippen LogP contribution in [0.2, 0.25) is 0 Å². The summed E-state index contributed by atoms with van der Waals surface area (Å²) < 4.78 is 11.4. The average Bonchev–Trinajstić information content (AvgIpc) is 2.95. The number of benzene rings is 2. The molecule has 2 rings (SSSR count). The van der Waals surface area contributed by atoms with Crippen molar-refractivity contribution in [3.63, 3.8) is 0 Å². The lowest BCUT2D eigenvalue weighted by atomic mass is 9.89. The minimum Gasteiger partial charge on any atom is -0.493 e. The van der Waals surface area contributed by atoms with Crippen LogP contribution in [0.5, 0.6) is 5.75 Å². The Kier molecular flexibility index (Phi) is 12.4. The van der Waals surface area contributed by atoms with Crippen LogP contribution in [0.15, 0.2) is 79.4 Å². The molecule has 0 aliphatic rings. The minimum absolute atomic E-state index is 0.124. The molecule has 0 unspecified atom stereocenters. The number of esters is 1. The van der Waals surface area contributed by atoms with E-state index >= 15 is 0 Å². The zero-order chi connectivity index (χ0) is 29.0. The Morgan fingerprint density at radius 3 is 2.31 bits per heavy atom. The first kappa shape index (κ1) is 31.8. The molecule has 0 fully saturated rings. The van der Waals surface area contributed by atoms with Crippen molar-refractivity contribution in [2.24, 2.45) is 5.41 Å². The number of ether oxygens (including phenoxy) is 2. The molecule has 2 aromatic carbocycles. The van der Waals surface area contributed by atoms with Crippen LogP contribution < -0.4 is 4.74 Å². The van der Waals surface area contributed by atoms with Crippen LogP contribution in [0.4, 0.5) is 0 Å². The van der Waals surface area contributed by atoms with Gasteiger partial charge in [-0.15, -0.1) is 0 Å². The fourth-order valence-electron chi connectivity index (χ4n) is 3.88. The Labute approximate surface area is 234 Å². The van der Waals surface area contributed by atoms with Gasteiger partial charge in [-0.2, -0.15) is 0 Å². The molecule has 0 saturated carbocycles. The Morgan fingerprint density at radius 2 is 1.69 bits per heavy atom. The van der Waals surface area contributed by atoms with Crippen molar-refractivity contribution in [2.75, 3.05) is 26.4 Å². The normalized spacial score (nSPS) is 11.4. The number of rotatable bonds is 16. The predicted molar refractivity (Wildman–Crippen MR) is 161 cm³/mol. The summed E-state index contributed by atoms with van der Waals surface area (Å²) in [5.41, 5.74) is 7.09. The highest BCUT2D eigenvalue weighted by molar-refractivity contribution is 5.87. The van der Waals surface area contributed by atoms with Gasteiger partial charge in [-0.1, -0.05) is 82.5 Å². The molecular weight excluding hydrogens is 488 g/mol. The molecule has 0 amide bonds. The van der Waals surface area contributed by atoms with Crippen LogP contribution in [-0.4, -0.2) is 42.6 Å². The van der Waals surface area contributed by atoms with E-state index in [1.165, 1.54) is 5.56 Å². The Balaban J connectivity index is 2.35. The van der Waals surface area contributed by atoms with Gasteiger partial charge in [0.1, 0.15) is 5.75 Å². The van der Waals surface area contributed by atoms with Gasteiger partial charge < -0.3 is 19.7 Å². The van der Waals surface area contributed by atoms with E-state index in [1.807, 2.05) is 31.2 Å². The summed E-state index contributed by atoms with van der Waals surface area (Å²) in [4.78, 5) is 11.9. The highest BCUT2D eigenvalue weighted by Gasteiger charge is 2.22. The van der Waals surface area contributed by atoms with Crippen molar-refractivity contribution in [3.8, 4) is 16.9 Å². The molecule has 0 saturated heterocycles. The molecule has 0 atom stereocenters. The maximum atomic E-state index is 11.9. The fraction of sp³-hybridized carbons (Fsp3) is 0.382. The SMILES string of the molecule is C=C(/C=C\C(=C)c1ccc(-c2ccc(OCCC(C)(CO)CO)c(CCOC(=O)C(=C)C)c2)c(CC)c1)CC. The van der Waals surface area contributed by atoms with Crippen LogP contribution in [0.25, 0.3) is 16.7 Å². The van der Waals surface area contributed by atoms with Gasteiger partial charge >= 0.3 is 5.97 Å². The number of carbonyl (C=O) groups excluding carboxylic acids is 1. The third kappa shape index (κ3) is 9.38. The molecular formula is C34H44O5. The summed E-state index contributed by atoms with van der Waals surface area (Å²) >= 11 is 0. The van der Waals surface area contributed by atoms with Crippen molar-refractivity contribution in [1.29, 1.82) is 0 Å². The van der Waals surface area contributed by atoms with Crippen LogP contribution in [-0.2, 0) is 22.4 Å². The lowest BCUT2D eigenvalue weighted by molar-refractivity contribution is -0.138. The van der Waals surface area contributed by atoms with Crippen molar-refractivity contribution in [3.05, 3.63) is 96.1 Å². The van der Waals surface area contributed by atoms with Gasteiger partial charge in [0.15, 0.2) is 0 Å². The predicted octanol–water partition coefficient (Wildman–Crippen LogP) is 6.87. The maximum Gasteiger partial charge on any atom is 0.333 e. The Bertz CT molecular complexity index is 1200. The molecule has 0 aromatic heterocycles. The van der Waals surface area contributed by atoms with E-state index in [1.54, 1.807) is 6.92 Å². The largest absolute Gasteiger partial charge is 0.493 e. The summed E-state index contributed by atoms with van der Waals surface area (Å²) in [5, 5.41) is 19.2. The quantitative estimate of drug-likeness (QED) is 0.140. The van der Waals surface area contributed by atoms with E-state index in [0.717, 1.165) is 46.2 Å². The lowest BCUT2D eigenvalue weighted by Crippen LogP contribution is -2.28.